The maximum atomic E-state index is 12.8. The highest BCUT2D eigenvalue weighted by atomic mass is 19.1. The second kappa shape index (κ2) is 7.37. The second-order valence-corrected chi connectivity index (χ2v) is 5.12. The van der Waals surface area contributed by atoms with Crippen LogP contribution in [0.5, 0.6) is 5.75 Å². The Balaban J connectivity index is 1.61. The van der Waals surface area contributed by atoms with Crippen molar-refractivity contribution in [2.45, 2.75) is 0 Å². The van der Waals surface area contributed by atoms with Gasteiger partial charge in [0.25, 0.3) is 5.91 Å². The summed E-state index contributed by atoms with van der Waals surface area (Å²) in [6.45, 7) is -0.165. The van der Waals surface area contributed by atoms with Gasteiger partial charge in [-0.05, 0) is 35.9 Å². The quantitative estimate of drug-likeness (QED) is 0.775. The fourth-order valence-electron chi connectivity index (χ4n) is 2.17. The average molecular weight is 322 g/mol. The molecule has 0 aliphatic carbocycles. The van der Waals surface area contributed by atoms with E-state index in [0.29, 0.717) is 11.4 Å². The molecule has 120 valence electrons. The molecule has 0 saturated carbocycles. The number of nitrogens with one attached hydrogen (secondary N) is 1. The summed E-state index contributed by atoms with van der Waals surface area (Å²) in [7, 11) is 0. The van der Waals surface area contributed by atoms with Crippen LogP contribution in [0, 0.1) is 5.82 Å². The van der Waals surface area contributed by atoms with Crippen molar-refractivity contribution < 1.29 is 13.9 Å². The van der Waals surface area contributed by atoms with Crippen molar-refractivity contribution in [3.05, 3.63) is 78.9 Å². The SMILES string of the molecule is O=C(COc1ccc(F)cc1)Nc1cncc(-c2ccccc2)c1. The molecule has 0 radical (unpaired) electrons. The van der Waals surface area contributed by atoms with Crippen LogP contribution < -0.4 is 10.1 Å². The molecule has 0 bridgehead atoms. The Hall–Kier alpha value is -3.21. The zero-order valence-corrected chi connectivity index (χ0v) is 12.8. The minimum absolute atomic E-state index is 0.165. The van der Waals surface area contributed by atoms with Crippen molar-refractivity contribution >= 4 is 11.6 Å². The first-order chi connectivity index (χ1) is 11.7. The van der Waals surface area contributed by atoms with Gasteiger partial charge in [0.2, 0.25) is 0 Å². The number of hydrogen-bond acceptors (Lipinski definition) is 3. The molecule has 0 fully saturated rings. The lowest BCUT2D eigenvalue weighted by atomic mass is 10.1. The number of rotatable bonds is 5. The van der Waals surface area contributed by atoms with Gasteiger partial charge in [0.1, 0.15) is 11.6 Å². The lowest BCUT2D eigenvalue weighted by Crippen LogP contribution is -2.20. The van der Waals surface area contributed by atoms with E-state index in [1.807, 2.05) is 36.4 Å². The van der Waals surface area contributed by atoms with Gasteiger partial charge < -0.3 is 10.1 Å². The van der Waals surface area contributed by atoms with Crippen molar-refractivity contribution in [1.82, 2.24) is 4.98 Å². The predicted molar refractivity (Wildman–Crippen MR) is 90.2 cm³/mol. The van der Waals surface area contributed by atoms with Crippen LogP contribution in [0.1, 0.15) is 0 Å². The Morgan fingerprint density at radius 2 is 1.75 bits per heavy atom. The van der Waals surface area contributed by atoms with Gasteiger partial charge in [0.15, 0.2) is 6.61 Å². The molecular formula is C19H15FN2O2. The van der Waals surface area contributed by atoms with Crippen LogP contribution in [-0.4, -0.2) is 17.5 Å². The highest BCUT2D eigenvalue weighted by Crippen LogP contribution is 2.21. The van der Waals surface area contributed by atoms with Gasteiger partial charge >= 0.3 is 0 Å². The minimum Gasteiger partial charge on any atom is -0.484 e. The number of amides is 1. The minimum atomic E-state index is -0.351. The van der Waals surface area contributed by atoms with E-state index in [-0.39, 0.29) is 18.3 Å². The summed E-state index contributed by atoms with van der Waals surface area (Å²) in [5.41, 5.74) is 2.51. The van der Waals surface area contributed by atoms with Gasteiger partial charge in [-0.25, -0.2) is 4.39 Å². The van der Waals surface area contributed by atoms with E-state index in [9.17, 15) is 9.18 Å². The van der Waals surface area contributed by atoms with Crippen molar-refractivity contribution in [3.63, 3.8) is 0 Å². The normalized spacial score (nSPS) is 10.2. The van der Waals surface area contributed by atoms with Crippen molar-refractivity contribution in [1.29, 1.82) is 0 Å². The summed E-state index contributed by atoms with van der Waals surface area (Å²) in [4.78, 5) is 16.1. The van der Waals surface area contributed by atoms with Gasteiger partial charge in [-0.2, -0.15) is 0 Å². The monoisotopic (exact) mass is 322 g/mol. The fourth-order valence-corrected chi connectivity index (χ4v) is 2.17. The molecule has 0 aliphatic heterocycles. The van der Waals surface area contributed by atoms with E-state index in [1.165, 1.54) is 24.3 Å². The molecule has 24 heavy (non-hydrogen) atoms. The van der Waals surface area contributed by atoms with E-state index >= 15 is 0 Å². The summed E-state index contributed by atoms with van der Waals surface area (Å²) in [6, 6.07) is 17.1. The predicted octanol–water partition coefficient (Wildman–Crippen LogP) is 3.91. The highest BCUT2D eigenvalue weighted by Gasteiger charge is 2.06. The van der Waals surface area contributed by atoms with E-state index in [1.54, 1.807) is 12.4 Å². The maximum absolute atomic E-state index is 12.8. The lowest BCUT2D eigenvalue weighted by Gasteiger charge is -2.08. The molecule has 4 nitrogen and oxygen atoms in total. The van der Waals surface area contributed by atoms with E-state index in [2.05, 4.69) is 10.3 Å². The Kier molecular flexibility index (Phi) is 4.81. The highest BCUT2D eigenvalue weighted by molar-refractivity contribution is 5.92. The van der Waals surface area contributed by atoms with Crippen LogP contribution in [0.15, 0.2) is 73.1 Å². The molecule has 0 saturated heterocycles. The van der Waals surface area contributed by atoms with Gasteiger partial charge in [0.05, 0.1) is 11.9 Å². The number of benzene rings is 2. The number of carbonyl (C=O) groups excluding carboxylic acids is 1. The zero-order valence-electron chi connectivity index (χ0n) is 12.8. The zero-order chi connectivity index (χ0) is 16.8. The lowest BCUT2D eigenvalue weighted by molar-refractivity contribution is -0.118. The topological polar surface area (TPSA) is 51.2 Å². The first kappa shape index (κ1) is 15.7. The van der Waals surface area contributed by atoms with Gasteiger partial charge in [-0.15, -0.1) is 0 Å². The van der Waals surface area contributed by atoms with Crippen molar-refractivity contribution in [2.24, 2.45) is 0 Å². The van der Waals surface area contributed by atoms with Gasteiger partial charge in [-0.3, -0.25) is 9.78 Å². The number of halogens is 1. The van der Waals surface area contributed by atoms with E-state index in [0.717, 1.165) is 11.1 Å². The third-order valence-corrected chi connectivity index (χ3v) is 3.31. The fraction of sp³-hybridized carbons (Fsp3) is 0.0526. The third kappa shape index (κ3) is 4.16. The molecule has 1 amide bonds. The number of pyridine rings is 1. The number of carbonyl (C=O) groups is 1. The molecule has 5 heteroatoms. The Morgan fingerprint density at radius 1 is 1.00 bits per heavy atom. The molecule has 3 aromatic rings. The number of nitrogens with zero attached hydrogens (tertiary/aromatic N) is 1. The van der Waals surface area contributed by atoms with Crippen LogP contribution in [0.25, 0.3) is 11.1 Å². The van der Waals surface area contributed by atoms with Crippen LogP contribution in [-0.2, 0) is 4.79 Å². The van der Waals surface area contributed by atoms with Crippen LogP contribution >= 0.6 is 0 Å². The van der Waals surface area contributed by atoms with Crippen molar-refractivity contribution in [2.75, 3.05) is 11.9 Å². The average Bonchev–Trinajstić information content (AvgIpc) is 2.62. The molecular weight excluding hydrogens is 307 g/mol. The standard InChI is InChI=1S/C19H15FN2O2/c20-16-6-8-18(9-7-16)24-13-19(23)22-17-10-15(11-21-12-17)14-4-2-1-3-5-14/h1-12H,13H2,(H,22,23). The second-order valence-electron chi connectivity index (χ2n) is 5.12. The molecule has 0 aliphatic rings. The number of ether oxygens (including phenoxy) is 1. The molecule has 1 N–H and O–H groups in total. The first-order valence-corrected chi connectivity index (χ1v) is 7.39. The van der Waals surface area contributed by atoms with Gasteiger partial charge in [-0.1, -0.05) is 30.3 Å². The molecule has 2 aromatic carbocycles. The molecule has 0 unspecified atom stereocenters. The number of aromatic nitrogens is 1. The van der Waals surface area contributed by atoms with E-state index in [4.69, 9.17) is 4.74 Å². The number of anilines is 1. The summed E-state index contributed by atoms with van der Waals surface area (Å²) < 4.78 is 18.1. The summed E-state index contributed by atoms with van der Waals surface area (Å²) in [5, 5.41) is 2.73. The molecule has 1 aromatic heterocycles. The summed E-state index contributed by atoms with van der Waals surface area (Å²) in [6.07, 6.45) is 3.31. The maximum Gasteiger partial charge on any atom is 0.262 e. The number of hydrogen-bond donors (Lipinski definition) is 1. The Bertz CT molecular complexity index is 820. The Labute approximate surface area is 138 Å². The van der Waals surface area contributed by atoms with Crippen molar-refractivity contribution in [3.8, 4) is 16.9 Å². The molecule has 0 atom stereocenters. The van der Waals surface area contributed by atoms with E-state index < -0.39 is 0 Å². The largest absolute Gasteiger partial charge is 0.484 e. The van der Waals surface area contributed by atoms with Crippen LogP contribution in [0.3, 0.4) is 0 Å². The Morgan fingerprint density at radius 3 is 2.50 bits per heavy atom. The first-order valence-electron chi connectivity index (χ1n) is 7.39. The van der Waals surface area contributed by atoms with Crippen LogP contribution in [0.2, 0.25) is 0 Å². The summed E-state index contributed by atoms with van der Waals surface area (Å²) >= 11 is 0. The summed E-state index contributed by atoms with van der Waals surface area (Å²) in [5.74, 6) is -0.232. The van der Waals surface area contributed by atoms with Crippen LogP contribution in [0.4, 0.5) is 10.1 Å². The molecule has 1 heterocycles. The molecule has 0 spiro atoms. The smallest absolute Gasteiger partial charge is 0.262 e. The molecule has 3 rings (SSSR count). The van der Waals surface area contributed by atoms with Gasteiger partial charge in [0, 0.05) is 11.8 Å². The third-order valence-electron chi connectivity index (χ3n) is 3.31.